The second-order valence-electron chi connectivity index (χ2n) is 4.43. The molecule has 22 heavy (non-hydrogen) atoms. The van der Waals surface area contributed by atoms with E-state index in [1.807, 2.05) is 0 Å². The number of nitrogens with zero attached hydrogens (tertiary/aromatic N) is 3. The number of nitrogens with one attached hydrogen (secondary N) is 1. The molecule has 0 aliphatic rings. The summed E-state index contributed by atoms with van der Waals surface area (Å²) in [6, 6.07) is 2.02. The molecule has 0 saturated carbocycles. The fraction of sp³-hybridized carbons (Fsp3) is 0.250. The number of alkyl halides is 3. The summed E-state index contributed by atoms with van der Waals surface area (Å²) in [4.78, 5) is 23.5. The van der Waals surface area contributed by atoms with Gasteiger partial charge in [-0.1, -0.05) is 11.6 Å². The van der Waals surface area contributed by atoms with Gasteiger partial charge in [-0.05, 0) is 6.07 Å². The molecule has 2 aromatic heterocycles. The van der Waals surface area contributed by atoms with Crippen molar-refractivity contribution in [3.63, 3.8) is 0 Å². The Morgan fingerprint density at radius 1 is 1.45 bits per heavy atom. The molecule has 10 heteroatoms. The summed E-state index contributed by atoms with van der Waals surface area (Å²) in [5.74, 6) is -0.477. The Morgan fingerprint density at radius 3 is 2.68 bits per heavy atom. The summed E-state index contributed by atoms with van der Waals surface area (Å²) in [6.07, 6.45) is -2.55. The van der Waals surface area contributed by atoms with Crippen LogP contribution in [0.2, 0.25) is 5.02 Å². The molecule has 0 atom stereocenters. The molecule has 0 bridgehead atoms. The molecule has 2 rings (SSSR count). The fourth-order valence-electron chi connectivity index (χ4n) is 1.69. The number of hydrogen-bond acceptors (Lipinski definition) is 3. The molecule has 118 valence electrons. The first-order valence-corrected chi connectivity index (χ1v) is 6.31. The van der Waals surface area contributed by atoms with E-state index in [2.05, 4.69) is 10.4 Å². The van der Waals surface area contributed by atoms with Gasteiger partial charge in [-0.25, -0.2) is 0 Å². The minimum absolute atomic E-state index is 0.221. The first-order chi connectivity index (χ1) is 10.2. The van der Waals surface area contributed by atoms with Crippen LogP contribution in [-0.2, 0) is 24.6 Å². The minimum Gasteiger partial charge on any atom is -0.308 e. The molecule has 2 aromatic rings. The van der Waals surface area contributed by atoms with E-state index in [-0.39, 0.29) is 5.82 Å². The molecule has 0 fully saturated rings. The molecule has 0 aliphatic heterocycles. The number of rotatable bonds is 3. The van der Waals surface area contributed by atoms with Gasteiger partial charge in [0.15, 0.2) is 5.82 Å². The molecule has 1 amide bonds. The summed E-state index contributed by atoms with van der Waals surface area (Å²) in [5.41, 5.74) is -1.99. The van der Waals surface area contributed by atoms with Crippen LogP contribution in [0.25, 0.3) is 0 Å². The number of amides is 1. The van der Waals surface area contributed by atoms with Gasteiger partial charge in [-0.2, -0.15) is 18.3 Å². The molecule has 0 unspecified atom stereocenters. The highest BCUT2D eigenvalue weighted by molar-refractivity contribution is 6.30. The van der Waals surface area contributed by atoms with Gasteiger partial charge in [-0.15, -0.1) is 0 Å². The Hall–Kier alpha value is -2.29. The fourth-order valence-corrected chi connectivity index (χ4v) is 1.92. The summed E-state index contributed by atoms with van der Waals surface area (Å²) < 4.78 is 40.1. The number of anilines is 1. The van der Waals surface area contributed by atoms with Crippen molar-refractivity contribution in [3.8, 4) is 0 Å². The molecular weight excluding hydrogens is 325 g/mol. The third-order valence-corrected chi connectivity index (χ3v) is 2.94. The van der Waals surface area contributed by atoms with Crippen molar-refractivity contribution >= 4 is 23.3 Å². The number of carbonyl (C=O) groups excluding carboxylic acids is 1. The van der Waals surface area contributed by atoms with E-state index in [0.29, 0.717) is 16.8 Å². The highest BCUT2D eigenvalue weighted by Gasteiger charge is 2.32. The van der Waals surface area contributed by atoms with Crippen molar-refractivity contribution < 1.29 is 18.0 Å². The number of carbonyl (C=O) groups is 1. The molecule has 0 spiro atoms. The van der Waals surface area contributed by atoms with E-state index in [4.69, 9.17) is 11.6 Å². The highest BCUT2D eigenvalue weighted by atomic mass is 35.5. The standard InChI is InChI=1S/C12H10ClF3N4O2/c1-19-3-2-9(18-19)17-10(21)6-20-5-7(12(14,15)16)4-8(13)11(20)22/h2-5H,6H2,1H3,(H,17,18,21). The van der Waals surface area contributed by atoms with Crippen LogP contribution >= 0.6 is 11.6 Å². The largest absolute Gasteiger partial charge is 0.417 e. The average Bonchev–Trinajstić information content (AvgIpc) is 2.78. The summed E-state index contributed by atoms with van der Waals surface area (Å²) in [7, 11) is 1.63. The molecular formula is C12H10ClF3N4O2. The van der Waals surface area contributed by atoms with Crippen LogP contribution in [0.3, 0.4) is 0 Å². The smallest absolute Gasteiger partial charge is 0.308 e. The predicted octanol–water partition coefficient (Wildman–Crippen LogP) is 1.89. The van der Waals surface area contributed by atoms with E-state index in [1.165, 1.54) is 10.7 Å². The Morgan fingerprint density at radius 2 is 2.14 bits per heavy atom. The molecule has 1 N–H and O–H groups in total. The van der Waals surface area contributed by atoms with Gasteiger partial charge in [0.1, 0.15) is 11.6 Å². The zero-order valence-electron chi connectivity index (χ0n) is 11.2. The maximum atomic E-state index is 12.7. The van der Waals surface area contributed by atoms with Crippen LogP contribution in [0.4, 0.5) is 19.0 Å². The zero-order valence-corrected chi connectivity index (χ0v) is 11.9. The van der Waals surface area contributed by atoms with Gasteiger partial charge in [-0.3, -0.25) is 14.3 Å². The highest BCUT2D eigenvalue weighted by Crippen LogP contribution is 2.29. The quantitative estimate of drug-likeness (QED) is 0.932. The Labute approximate surface area is 127 Å². The number of pyridine rings is 1. The molecule has 6 nitrogen and oxygen atoms in total. The third-order valence-electron chi connectivity index (χ3n) is 2.66. The second kappa shape index (κ2) is 5.84. The summed E-state index contributed by atoms with van der Waals surface area (Å²) in [5, 5.41) is 5.63. The molecule has 0 radical (unpaired) electrons. The van der Waals surface area contributed by atoms with Crippen LogP contribution in [0.15, 0.2) is 29.3 Å². The van der Waals surface area contributed by atoms with Crippen molar-refractivity contribution in [3.05, 3.63) is 45.5 Å². The van der Waals surface area contributed by atoms with E-state index in [0.717, 1.165) is 0 Å². The normalized spacial score (nSPS) is 11.5. The number of halogens is 4. The van der Waals surface area contributed by atoms with E-state index in [1.54, 1.807) is 13.2 Å². The SMILES string of the molecule is Cn1ccc(NC(=O)Cn2cc(C(F)(F)F)cc(Cl)c2=O)n1. The average molecular weight is 335 g/mol. The van der Waals surface area contributed by atoms with E-state index >= 15 is 0 Å². The molecule has 2 heterocycles. The van der Waals surface area contributed by atoms with E-state index in [9.17, 15) is 22.8 Å². The summed E-state index contributed by atoms with van der Waals surface area (Å²) >= 11 is 5.49. The molecule has 0 saturated heterocycles. The summed E-state index contributed by atoms with van der Waals surface area (Å²) in [6.45, 7) is -0.612. The van der Waals surface area contributed by atoms with Gasteiger partial charge in [0, 0.05) is 25.5 Å². The van der Waals surface area contributed by atoms with Crippen LogP contribution < -0.4 is 10.9 Å². The first-order valence-electron chi connectivity index (χ1n) is 5.93. The topological polar surface area (TPSA) is 68.9 Å². The lowest BCUT2D eigenvalue weighted by Crippen LogP contribution is -2.29. The van der Waals surface area contributed by atoms with Gasteiger partial charge < -0.3 is 9.88 Å². The predicted molar refractivity (Wildman–Crippen MR) is 72.6 cm³/mol. The van der Waals surface area contributed by atoms with Crippen molar-refractivity contribution in [2.45, 2.75) is 12.7 Å². The van der Waals surface area contributed by atoms with Crippen LogP contribution in [0, 0.1) is 0 Å². The number of aromatic nitrogens is 3. The van der Waals surface area contributed by atoms with Gasteiger partial charge in [0.05, 0.1) is 5.56 Å². The lowest BCUT2D eigenvalue weighted by molar-refractivity contribution is -0.138. The monoisotopic (exact) mass is 334 g/mol. The van der Waals surface area contributed by atoms with Crippen LogP contribution in [0.5, 0.6) is 0 Å². The molecule has 0 aromatic carbocycles. The van der Waals surface area contributed by atoms with Crippen molar-refractivity contribution in [1.82, 2.24) is 14.3 Å². The Bertz CT molecular complexity index is 766. The van der Waals surface area contributed by atoms with E-state index < -0.39 is 34.8 Å². The first kappa shape index (κ1) is 16.1. The third kappa shape index (κ3) is 3.67. The van der Waals surface area contributed by atoms with Gasteiger partial charge in [0.2, 0.25) is 5.91 Å². The second-order valence-corrected chi connectivity index (χ2v) is 4.84. The van der Waals surface area contributed by atoms with Crippen molar-refractivity contribution in [2.75, 3.05) is 5.32 Å². The van der Waals surface area contributed by atoms with Gasteiger partial charge in [0.25, 0.3) is 5.56 Å². The number of aryl methyl sites for hydroxylation is 1. The van der Waals surface area contributed by atoms with Crippen molar-refractivity contribution in [1.29, 1.82) is 0 Å². The lowest BCUT2D eigenvalue weighted by atomic mass is 10.2. The van der Waals surface area contributed by atoms with Crippen molar-refractivity contribution in [2.24, 2.45) is 7.05 Å². The van der Waals surface area contributed by atoms with Gasteiger partial charge >= 0.3 is 6.18 Å². The maximum absolute atomic E-state index is 12.7. The van der Waals surface area contributed by atoms with Crippen LogP contribution in [-0.4, -0.2) is 20.3 Å². The lowest BCUT2D eigenvalue weighted by Gasteiger charge is -2.11. The maximum Gasteiger partial charge on any atom is 0.417 e. The Balaban J connectivity index is 2.23. The Kier molecular flexibility index (Phi) is 4.27. The molecule has 0 aliphatic carbocycles. The van der Waals surface area contributed by atoms with Crippen LogP contribution in [0.1, 0.15) is 5.56 Å². The zero-order chi connectivity index (χ0) is 16.5. The minimum atomic E-state index is -4.67. The number of hydrogen-bond donors (Lipinski definition) is 1.